The number of carbonyl (C=O) groups is 1. The van der Waals surface area contributed by atoms with Gasteiger partial charge in [-0.15, -0.1) is 0 Å². The minimum Gasteiger partial charge on any atom is -0.480 e. The first-order valence-corrected chi connectivity index (χ1v) is 7.48. The molecule has 4 nitrogen and oxygen atoms in total. The summed E-state index contributed by atoms with van der Waals surface area (Å²) in [5.74, 6) is -0.698. The maximum Gasteiger partial charge on any atom is 0.324 e. The number of aliphatic carboxylic acids is 1. The van der Waals surface area contributed by atoms with Crippen LogP contribution in [0.5, 0.6) is 0 Å². The molecule has 1 unspecified atom stereocenters. The Labute approximate surface area is 124 Å². The largest absolute Gasteiger partial charge is 0.480 e. The second-order valence-electron chi connectivity index (χ2n) is 5.71. The van der Waals surface area contributed by atoms with Gasteiger partial charge in [0.2, 0.25) is 0 Å². The van der Waals surface area contributed by atoms with Crippen molar-refractivity contribution < 1.29 is 9.90 Å². The van der Waals surface area contributed by atoms with Gasteiger partial charge in [0.15, 0.2) is 0 Å². The van der Waals surface area contributed by atoms with Gasteiger partial charge in [-0.25, -0.2) is 0 Å². The lowest BCUT2D eigenvalue weighted by molar-refractivity contribution is -0.150. The number of likely N-dealkylation sites (tertiary alicyclic amines) is 1. The SMILES string of the molecule is CCC1(C(=O)O)CCCN1Cc1cccc2cccnc12. The fourth-order valence-electron chi connectivity index (χ4n) is 3.46. The zero-order valence-electron chi connectivity index (χ0n) is 12.2. The molecule has 0 bridgehead atoms. The molecule has 1 fully saturated rings. The molecule has 1 atom stereocenters. The van der Waals surface area contributed by atoms with Crippen molar-refractivity contribution in [1.29, 1.82) is 0 Å². The van der Waals surface area contributed by atoms with Crippen molar-refractivity contribution >= 4 is 16.9 Å². The third-order valence-corrected chi connectivity index (χ3v) is 4.68. The third-order valence-electron chi connectivity index (χ3n) is 4.68. The highest BCUT2D eigenvalue weighted by atomic mass is 16.4. The molecule has 1 aromatic carbocycles. The van der Waals surface area contributed by atoms with Gasteiger partial charge in [0.1, 0.15) is 5.54 Å². The minimum atomic E-state index is -0.711. The number of aromatic nitrogens is 1. The van der Waals surface area contributed by atoms with Gasteiger partial charge in [-0.05, 0) is 37.4 Å². The van der Waals surface area contributed by atoms with E-state index < -0.39 is 11.5 Å². The van der Waals surface area contributed by atoms with Gasteiger partial charge in [0.05, 0.1) is 5.52 Å². The summed E-state index contributed by atoms with van der Waals surface area (Å²) in [7, 11) is 0. The third kappa shape index (κ3) is 2.29. The number of rotatable bonds is 4. The Bertz CT molecular complexity index is 665. The van der Waals surface area contributed by atoms with Gasteiger partial charge in [-0.2, -0.15) is 0 Å². The van der Waals surface area contributed by atoms with Crippen LogP contribution in [0, 0.1) is 0 Å². The van der Waals surface area contributed by atoms with E-state index in [-0.39, 0.29) is 0 Å². The molecule has 110 valence electrons. The molecular formula is C17H20N2O2. The average Bonchev–Trinajstić information content (AvgIpc) is 2.92. The van der Waals surface area contributed by atoms with Crippen LogP contribution in [-0.4, -0.2) is 33.0 Å². The van der Waals surface area contributed by atoms with E-state index in [2.05, 4.69) is 16.0 Å². The highest BCUT2D eigenvalue weighted by Crippen LogP contribution is 2.34. The van der Waals surface area contributed by atoms with E-state index in [4.69, 9.17) is 0 Å². The highest BCUT2D eigenvalue weighted by Gasteiger charge is 2.45. The van der Waals surface area contributed by atoms with Crippen LogP contribution in [0.1, 0.15) is 31.7 Å². The average molecular weight is 284 g/mol. The lowest BCUT2D eigenvalue weighted by Crippen LogP contribution is -2.49. The summed E-state index contributed by atoms with van der Waals surface area (Å²) in [5, 5.41) is 10.8. The summed E-state index contributed by atoms with van der Waals surface area (Å²) >= 11 is 0. The predicted molar refractivity (Wildman–Crippen MR) is 82.0 cm³/mol. The first-order chi connectivity index (χ1) is 10.2. The number of fused-ring (bicyclic) bond motifs is 1. The summed E-state index contributed by atoms with van der Waals surface area (Å²) in [6.07, 6.45) is 4.11. The van der Waals surface area contributed by atoms with Gasteiger partial charge < -0.3 is 5.11 Å². The van der Waals surface area contributed by atoms with Crippen molar-refractivity contribution in [3.8, 4) is 0 Å². The minimum absolute atomic E-state index is 0.639. The van der Waals surface area contributed by atoms with E-state index in [0.29, 0.717) is 13.0 Å². The molecule has 0 spiro atoms. The summed E-state index contributed by atoms with van der Waals surface area (Å²) in [5.41, 5.74) is 1.37. The van der Waals surface area contributed by atoms with Gasteiger partial charge in [0.25, 0.3) is 0 Å². The zero-order chi connectivity index (χ0) is 14.9. The van der Waals surface area contributed by atoms with E-state index in [1.54, 1.807) is 6.20 Å². The molecule has 0 amide bonds. The van der Waals surface area contributed by atoms with E-state index in [1.165, 1.54) is 0 Å². The fourth-order valence-corrected chi connectivity index (χ4v) is 3.46. The van der Waals surface area contributed by atoms with Crippen LogP contribution in [0.15, 0.2) is 36.5 Å². The van der Waals surface area contributed by atoms with E-state index >= 15 is 0 Å². The number of nitrogens with zero attached hydrogens (tertiary/aromatic N) is 2. The summed E-state index contributed by atoms with van der Waals surface area (Å²) in [4.78, 5) is 18.3. The van der Waals surface area contributed by atoms with Gasteiger partial charge in [-0.3, -0.25) is 14.7 Å². The molecule has 4 heteroatoms. The second-order valence-corrected chi connectivity index (χ2v) is 5.71. The quantitative estimate of drug-likeness (QED) is 0.937. The summed E-state index contributed by atoms with van der Waals surface area (Å²) < 4.78 is 0. The summed E-state index contributed by atoms with van der Waals surface area (Å²) in [6, 6.07) is 10.1. The van der Waals surface area contributed by atoms with Crippen LogP contribution in [0.2, 0.25) is 0 Å². The lowest BCUT2D eigenvalue weighted by atomic mass is 9.92. The Morgan fingerprint density at radius 1 is 1.38 bits per heavy atom. The molecule has 1 aromatic heterocycles. The molecule has 0 saturated carbocycles. The lowest BCUT2D eigenvalue weighted by Gasteiger charge is -2.34. The van der Waals surface area contributed by atoms with Gasteiger partial charge in [0, 0.05) is 18.1 Å². The molecular weight excluding hydrogens is 264 g/mol. The molecule has 1 N–H and O–H groups in total. The number of hydrogen-bond donors (Lipinski definition) is 1. The maximum absolute atomic E-state index is 11.8. The first-order valence-electron chi connectivity index (χ1n) is 7.48. The first kappa shape index (κ1) is 14.0. The molecule has 1 saturated heterocycles. The Kier molecular flexibility index (Phi) is 3.64. The topological polar surface area (TPSA) is 53.4 Å². The number of carboxylic acids is 1. The summed E-state index contributed by atoms with van der Waals surface area (Å²) in [6.45, 7) is 3.45. The van der Waals surface area contributed by atoms with Crippen molar-refractivity contribution in [2.45, 2.75) is 38.3 Å². The second kappa shape index (κ2) is 5.45. The van der Waals surface area contributed by atoms with Crippen LogP contribution in [-0.2, 0) is 11.3 Å². The molecule has 2 heterocycles. The Morgan fingerprint density at radius 2 is 2.19 bits per heavy atom. The van der Waals surface area contributed by atoms with Crippen molar-refractivity contribution in [3.63, 3.8) is 0 Å². The molecule has 1 aliphatic rings. The number of benzene rings is 1. The molecule has 1 aliphatic heterocycles. The normalized spacial score (nSPS) is 22.7. The zero-order valence-corrected chi connectivity index (χ0v) is 12.2. The number of hydrogen-bond acceptors (Lipinski definition) is 3. The van der Waals surface area contributed by atoms with Crippen LogP contribution >= 0.6 is 0 Å². The molecule has 0 radical (unpaired) electrons. The highest BCUT2D eigenvalue weighted by molar-refractivity contribution is 5.82. The van der Waals surface area contributed by atoms with Crippen LogP contribution in [0.4, 0.5) is 0 Å². The maximum atomic E-state index is 11.8. The van der Waals surface area contributed by atoms with E-state index in [9.17, 15) is 9.90 Å². The van der Waals surface area contributed by atoms with Crippen LogP contribution in [0.25, 0.3) is 10.9 Å². The molecule has 21 heavy (non-hydrogen) atoms. The van der Waals surface area contributed by atoms with E-state index in [0.717, 1.165) is 35.9 Å². The predicted octanol–water partition coefficient (Wildman–Crippen LogP) is 3.06. The van der Waals surface area contributed by atoms with E-state index in [1.807, 2.05) is 31.2 Å². The standard InChI is InChI=1S/C17H20N2O2/c1-2-17(16(20)21)9-5-11-19(17)12-14-7-3-6-13-8-4-10-18-15(13)14/h3-4,6-8,10H,2,5,9,11-12H2,1H3,(H,20,21). The molecule has 0 aliphatic carbocycles. The van der Waals surface area contributed by atoms with Crippen LogP contribution < -0.4 is 0 Å². The fraction of sp³-hybridized carbons (Fsp3) is 0.412. The Hall–Kier alpha value is -1.94. The van der Waals surface area contributed by atoms with Crippen molar-refractivity contribution in [3.05, 3.63) is 42.1 Å². The van der Waals surface area contributed by atoms with Crippen LogP contribution in [0.3, 0.4) is 0 Å². The molecule has 2 aromatic rings. The number of para-hydroxylation sites is 1. The molecule has 3 rings (SSSR count). The Balaban J connectivity index is 1.96. The van der Waals surface area contributed by atoms with Crippen molar-refractivity contribution in [1.82, 2.24) is 9.88 Å². The monoisotopic (exact) mass is 284 g/mol. The van der Waals surface area contributed by atoms with Crippen molar-refractivity contribution in [2.75, 3.05) is 6.54 Å². The van der Waals surface area contributed by atoms with Crippen molar-refractivity contribution in [2.24, 2.45) is 0 Å². The number of carboxylic acid groups (broad SMARTS) is 1. The van der Waals surface area contributed by atoms with Gasteiger partial charge >= 0.3 is 5.97 Å². The van der Waals surface area contributed by atoms with Gasteiger partial charge in [-0.1, -0.05) is 31.2 Å². The Morgan fingerprint density at radius 3 is 2.95 bits per heavy atom. The number of pyridine rings is 1. The smallest absolute Gasteiger partial charge is 0.324 e.